The van der Waals surface area contributed by atoms with E-state index in [0.717, 1.165) is 36.4 Å². The van der Waals surface area contributed by atoms with E-state index in [1.54, 1.807) is 19.4 Å². The van der Waals surface area contributed by atoms with Gasteiger partial charge in [-0.15, -0.1) is 12.4 Å². The van der Waals surface area contributed by atoms with E-state index >= 15 is 0 Å². The van der Waals surface area contributed by atoms with Gasteiger partial charge in [-0.1, -0.05) is 54.1 Å². The zero-order valence-electron chi connectivity index (χ0n) is 15.7. The van der Waals surface area contributed by atoms with Crippen LogP contribution in [0.3, 0.4) is 0 Å². The van der Waals surface area contributed by atoms with E-state index in [4.69, 9.17) is 21.1 Å². The Balaban J connectivity index is 0.00000280. The summed E-state index contributed by atoms with van der Waals surface area (Å²) >= 11 is 5.80. The molecule has 0 spiro atoms. The quantitative estimate of drug-likeness (QED) is 0.388. The van der Waals surface area contributed by atoms with Crippen LogP contribution >= 0.6 is 24.0 Å². The fourth-order valence-electron chi connectivity index (χ4n) is 2.70. The van der Waals surface area contributed by atoms with Gasteiger partial charge in [0.25, 0.3) is 0 Å². The van der Waals surface area contributed by atoms with Gasteiger partial charge >= 0.3 is 0 Å². The molecule has 0 aliphatic heterocycles. The normalized spacial score (nSPS) is 10.2. The number of rotatable bonds is 9. The zero-order valence-corrected chi connectivity index (χ0v) is 17.3. The van der Waals surface area contributed by atoms with Gasteiger partial charge in [0.05, 0.1) is 7.11 Å². The van der Waals surface area contributed by atoms with Crippen LogP contribution in [0, 0.1) is 0 Å². The lowest BCUT2D eigenvalue weighted by Gasteiger charge is -2.13. The van der Waals surface area contributed by atoms with Gasteiger partial charge in [-0.05, 0) is 42.3 Å². The highest BCUT2D eigenvalue weighted by molar-refractivity contribution is 6.29. The van der Waals surface area contributed by atoms with Crippen LogP contribution in [-0.2, 0) is 19.6 Å². The lowest BCUT2D eigenvalue weighted by Crippen LogP contribution is -2.16. The van der Waals surface area contributed by atoms with E-state index < -0.39 is 0 Å². The summed E-state index contributed by atoms with van der Waals surface area (Å²) in [6.07, 6.45) is 2.72. The Kier molecular flexibility index (Phi) is 9.08. The number of nitrogens with one attached hydrogen (secondary N) is 1. The fourth-order valence-corrected chi connectivity index (χ4v) is 2.82. The molecule has 1 aromatic heterocycles. The third-order valence-corrected chi connectivity index (χ3v) is 4.40. The summed E-state index contributed by atoms with van der Waals surface area (Å²) in [4.78, 5) is 4.06. The first kappa shape index (κ1) is 22.0. The standard InChI is InChI=1S/C22H23ClN2O2.ClH/c1-26-21-13-18(14-24-12-11-17-5-3-2-4-6-17)7-9-20(21)27-16-19-8-10-22(23)25-15-19;/h2-10,13,15,24H,11-12,14,16H2,1H3;1H. The van der Waals surface area contributed by atoms with Crippen molar-refractivity contribution in [2.45, 2.75) is 19.6 Å². The van der Waals surface area contributed by atoms with Crippen molar-refractivity contribution >= 4 is 24.0 Å². The van der Waals surface area contributed by atoms with Crippen LogP contribution in [0.25, 0.3) is 0 Å². The third-order valence-electron chi connectivity index (χ3n) is 4.17. The van der Waals surface area contributed by atoms with Gasteiger partial charge in [0.15, 0.2) is 11.5 Å². The first-order chi connectivity index (χ1) is 13.2. The molecule has 6 heteroatoms. The molecule has 2 aromatic carbocycles. The Morgan fingerprint density at radius 1 is 0.929 bits per heavy atom. The first-order valence-corrected chi connectivity index (χ1v) is 9.27. The lowest BCUT2D eigenvalue weighted by molar-refractivity contribution is 0.284. The molecule has 4 nitrogen and oxygen atoms in total. The topological polar surface area (TPSA) is 43.4 Å². The van der Waals surface area contributed by atoms with Crippen LogP contribution in [0.4, 0.5) is 0 Å². The van der Waals surface area contributed by atoms with Crippen LogP contribution < -0.4 is 14.8 Å². The predicted octanol–water partition coefficient (Wildman–Crippen LogP) is 5.08. The monoisotopic (exact) mass is 418 g/mol. The number of pyridine rings is 1. The molecule has 0 bridgehead atoms. The van der Waals surface area contributed by atoms with Crippen LogP contribution in [0.15, 0.2) is 66.9 Å². The minimum atomic E-state index is 0. The van der Waals surface area contributed by atoms with Crippen LogP contribution in [0.5, 0.6) is 11.5 Å². The van der Waals surface area contributed by atoms with Gasteiger partial charge in [-0.3, -0.25) is 0 Å². The van der Waals surface area contributed by atoms with Crippen LogP contribution in [0.2, 0.25) is 5.15 Å². The minimum Gasteiger partial charge on any atom is -0.493 e. The third kappa shape index (κ3) is 6.71. The number of methoxy groups -OCH3 is 1. The van der Waals surface area contributed by atoms with Gasteiger partial charge in [-0.25, -0.2) is 4.98 Å². The molecular formula is C22H24Cl2N2O2. The molecular weight excluding hydrogens is 395 g/mol. The van der Waals surface area contributed by atoms with Gasteiger partial charge in [-0.2, -0.15) is 0 Å². The summed E-state index contributed by atoms with van der Waals surface area (Å²) in [5.74, 6) is 1.43. The molecule has 3 rings (SSSR count). The van der Waals surface area contributed by atoms with Gasteiger partial charge < -0.3 is 14.8 Å². The Hall–Kier alpha value is -2.27. The second kappa shape index (κ2) is 11.5. The van der Waals surface area contributed by atoms with Crippen molar-refractivity contribution in [3.8, 4) is 11.5 Å². The molecule has 1 N–H and O–H groups in total. The molecule has 0 saturated heterocycles. The molecule has 148 valence electrons. The maximum atomic E-state index is 5.86. The highest BCUT2D eigenvalue weighted by atomic mass is 35.5. The maximum Gasteiger partial charge on any atom is 0.161 e. The second-order valence-corrected chi connectivity index (χ2v) is 6.56. The molecule has 28 heavy (non-hydrogen) atoms. The molecule has 0 aliphatic carbocycles. The number of halogens is 2. The highest BCUT2D eigenvalue weighted by Crippen LogP contribution is 2.28. The van der Waals surface area contributed by atoms with Crippen LogP contribution in [0.1, 0.15) is 16.7 Å². The van der Waals surface area contributed by atoms with Crippen LogP contribution in [-0.4, -0.2) is 18.6 Å². The van der Waals surface area contributed by atoms with E-state index in [-0.39, 0.29) is 12.4 Å². The van der Waals surface area contributed by atoms with Gasteiger partial charge in [0.2, 0.25) is 0 Å². The van der Waals surface area contributed by atoms with Crippen molar-refractivity contribution in [3.63, 3.8) is 0 Å². The van der Waals surface area contributed by atoms with Crippen molar-refractivity contribution in [2.24, 2.45) is 0 Å². The van der Waals surface area contributed by atoms with E-state index in [9.17, 15) is 0 Å². The molecule has 0 atom stereocenters. The van der Waals surface area contributed by atoms with Crippen molar-refractivity contribution < 1.29 is 9.47 Å². The number of hydrogen-bond acceptors (Lipinski definition) is 4. The average molecular weight is 419 g/mol. The number of nitrogens with zero attached hydrogens (tertiary/aromatic N) is 1. The van der Waals surface area contributed by atoms with Crippen molar-refractivity contribution in [1.29, 1.82) is 0 Å². The lowest BCUT2D eigenvalue weighted by atomic mass is 10.1. The largest absolute Gasteiger partial charge is 0.493 e. The molecule has 0 fully saturated rings. The van der Waals surface area contributed by atoms with Crippen molar-refractivity contribution in [1.82, 2.24) is 10.3 Å². The Bertz CT molecular complexity index is 843. The summed E-state index contributed by atoms with van der Waals surface area (Å²) in [5.41, 5.74) is 3.44. The summed E-state index contributed by atoms with van der Waals surface area (Å²) in [7, 11) is 1.65. The maximum absolute atomic E-state index is 5.86. The fraction of sp³-hybridized carbons (Fsp3) is 0.227. The first-order valence-electron chi connectivity index (χ1n) is 8.89. The molecule has 0 radical (unpaired) electrons. The second-order valence-electron chi connectivity index (χ2n) is 6.18. The van der Waals surface area contributed by atoms with Crippen molar-refractivity contribution in [2.75, 3.05) is 13.7 Å². The van der Waals surface area contributed by atoms with Crippen molar-refractivity contribution in [3.05, 3.63) is 88.7 Å². The molecule has 0 unspecified atom stereocenters. The van der Waals surface area contributed by atoms with E-state index in [2.05, 4.69) is 34.6 Å². The number of benzene rings is 2. The summed E-state index contributed by atoms with van der Waals surface area (Å²) in [6, 6.07) is 20.1. The molecule has 1 heterocycles. The molecule has 0 amide bonds. The molecule has 3 aromatic rings. The van der Waals surface area contributed by atoms with E-state index in [1.165, 1.54) is 5.56 Å². The Morgan fingerprint density at radius 3 is 2.43 bits per heavy atom. The SMILES string of the molecule is COc1cc(CNCCc2ccccc2)ccc1OCc1ccc(Cl)nc1.Cl. The zero-order chi connectivity index (χ0) is 18.9. The summed E-state index contributed by atoms with van der Waals surface area (Å²) in [6.45, 7) is 2.12. The summed E-state index contributed by atoms with van der Waals surface area (Å²) in [5, 5.41) is 3.94. The van der Waals surface area contributed by atoms with E-state index in [0.29, 0.717) is 17.5 Å². The number of ether oxygens (including phenoxy) is 2. The molecule has 0 saturated carbocycles. The summed E-state index contributed by atoms with van der Waals surface area (Å²) < 4.78 is 11.3. The Morgan fingerprint density at radius 2 is 1.71 bits per heavy atom. The highest BCUT2D eigenvalue weighted by Gasteiger charge is 2.07. The molecule has 0 aliphatic rings. The Labute approximate surface area is 177 Å². The smallest absolute Gasteiger partial charge is 0.161 e. The number of aromatic nitrogens is 1. The predicted molar refractivity (Wildman–Crippen MR) is 116 cm³/mol. The van der Waals surface area contributed by atoms with Gasteiger partial charge in [0, 0.05) is 18.3 Å². The number of hydrogen-bond donors (Lipinski definition) is 1. The minimum absolute atomic E-state index is 0. The van der Waals surface area contributed by atoms with E-state index in [1.807, 2.05) is 30.3 Å². The average Bonchev–Trinajstić information content (AvgIpc) is 2.72. The van der Waals surface area contributed by atoms with Gasteiger partial charge in [0.1, 0.15) is 11.8 Å².